The van der Waals surface area contributed by atoms with Gasteiger partial charge in [0.05, 0.1) is 0 Å². The van der Waals surface area contributed by atoms with Crippen molar-refractivity contribution in [3.63, 3.8) is 0 Å². The van der Waals surface area contributed by atoms with Crippen molar-refractivity contribution in [2.45, 2.75) is 6.61 Å². The van der Waals surface area contributed by atoms with Crippen LogP contribution in [0.1, 0.15) is 5.76 Å². The predicted molar refractivity (Wildman–Crippen MR) is 53.0 cm³/mol. The Kier molecular flexibility index (Phi) is 2.78. The summed E-state index contributed by atoms with van der Waals surface area (Å²) in [5, 5.41) is 0.636. The molecule has 0 amide bonds. The first-order chi connectivity index (χ1) is 7.24. The molecule has 0 radical (unpaired) electrons. The third-order valence-electron chi connectivity index (χ3n) is 1.70. The molecule has 4 nitrogen and oxygen atoms in total. The Morgan fingerprint density at radius 2 is 2.00 bits per heavy atom. The van der Waals surface area contributed by atoms with Crippen LogP contribution in [0.15, 0.2) is 44.2 Å². The molecule has 0 aliphatic carbocycles. The summed E-state index contributed by atoms with van der Waals surface area (Å²) in [4.78, 5) is 10.5. The first-order valence-corrected chi connectivity index (χ1v) is 4.58. The lowest BCUT2D eigenvalue weighted by Crippen LogP contribution is -1.94. The second kappa shape index (κ2) is 4.23. The topological polar surface area (TPSA) is 52.6 Å². The predicted octanol–water partition coefficient (Wildman–Crippen LogP) is 2.47. The SMILES string of the molecule is O=c1occ(COc2ccc(Cl)cc2)o1. The van der Waals surface area contributed by atoms with E-state index < -0.39 is 5.82 Å². The van der Waals surface area contributed by atoms with E-state index in [4.69, 9.17) is 16.3 Å². The third kappa shape index (κ3) is 2.63. The largest absolute Gasteiger partial charge is 0.518 e. The Labute approximate surface area is 90.0 Å². The van der Waals surface area contributed by atoms with Crippen molar-refractivity contribution in [3.05, 3.63) is 51.9 Å². The maximum Gasteiger partial charge on any atom is 0.518 e. The summed E-state index contributed by atoms with van der Waals surface area (Å²) in [6, 6.07) is 6.87. The molecule has 0 N–H and O–H groups in total. The number of hydrogen-bond donors (Lipinski definition) is 0. The molecule has 0 spiro atoms. The maximum atomic E-state index is 10.5. The first kappa shape index (κ1) is 9.86. The van der Waals surface area contributed by atoms with E-state index in [0.717, 1.165) is 0 Å². The van der Waals surface area contributed by atoms with Gasteiger partial charge in [-0.1, -0.05) is 11.6 Å². The second-order valence-corrected chi connectivity index (χ2v) is 3.23. The fourth-order valence-electron chi connectivity index (χ4n) is 1.02. The van der Waals surface area contributed by atoms with Crippen LogP contribution in [0.4, 0.5) is 0 Å². The molecular weight excluding hydrogens is 220 g/mol. The Morgan fingerprint density at radius 1 is 1.27 bits per heavy atom. The van der Waals surface area contributed by atoms with Gasteiger partial charge in [-0.3, -0.25) is 0 Å². The monoisotopic (exact) mass is 226 g/mol. The van der Waals surface area contributed by atoms with Crippen molar-refractivity contribution in [3.8, 4) is 5.75 Å². The van der Waals surface area contributed by atoms with E-state index in [1.54, 1.807) is 24.3 Å². The van der Waals surface area contributed by atoms with Gasteiger partial charge in [-0.15, -0.1) is 0 Å². The molecule has 0 aliphatic heterocycles. The van der Waals surface area contributed by atoms with Crippen molar-refractivity contribution in [1.82, 2.24) is 0 Å². The lowest BCUT2D eigenvalue weighted by Gasteiger charge is -2.02. The molecule has 1 aromatic carbocycles. The van der Waals surface area contributed by atoms with E-state index in [2.05, 4.69) is 8.83 Å². The lowest BCUT2D eigenvalue weighted by atomic mass is 10.3. The molecular formula is C10H7ClO4. The lowest BCUT2D eigenvalue weighted by molar-refractivity contribution is 0.262. The number of rotatable bonds is 3. The summed E-state index contributed by atoms with van der Waals surface area (Å²) in [5.41, 5.74) is 0. The van der Waals surface area contributed by atoms with Crippen molar-refractivity contribution >= 4 is 11.6 Å². The normalized spacial score (nSPS) is 10.2. The smallest absolute Gasteiger partial charge is 0.486 e. The molecule has 0 bridgehead atoms. The molecule has 0 atom stereocenters. The zero-order chi connectivity index (χ0) is 10.7. The molecule has 0 saturated heterocycles. The molecule has 0 saturated carbocycles. The average molecular weight is 227 g/mol. The summed E-state index contributed by atoms with van der Waals surface area (Å²) in [5.74, 6) is 0.253. The first-order valence-electron chi connectivity index (χ1n) is 4.20. The van der Waals surface area contributed by atoms with Crippen LogP contribution in [0, 0.1) is 0 Å². The van der Waals surface area contributed by atoms with Crippen molar-refractivity contribution in [2.24, 2.45) is 0 Å². The molecule has 1 aromatic heterocycles. The van der Waals surface area contributed by atoms with Crippen LogP contribution in [-0.4, -0.2) is 0 Å². The van der Waals surface area contributed by atoms with E-state index in [-0.39, 0.29) is 6.61 Å². The van der Waals surface area contributed by atoms with Gasteiger partial charge in [-0.2, -0.15) is 0 Å². The maximum absolute atomic E-state index is 10.5. The fraction of sp³-hybridized carbons (Fsp3) is 0.100. The van der Waals surface area contributed by atoms with Gasteiger partial charge < -0.3 is 13.6 Å². The fourth-order valence-corrected chi connectivity index (χ4v) is 1.14. The molecule has 78 valence electrons. The minimum absolute atomic E-state index is 0.146. The number of hydrogen-bond acceptors (Lipinski definition) is 4. The molecule has 2 rings (SSSR count). The summed E-state index contributed by atoms with van der Waals surface area (Å²) in [6.07, 6.45) is 1.22. The van der Waals surface area contributed by atoms with Crippen molar-refractivity contribution < 1.29 is 13.6 Å². The van der Waals surface area contributed by atoms with Crippen LogP contribution in [0.25, 0.3) is 0 Å². The van der Waals surface area contributed by atoms with Gasteiger partial charge in [0.2, 0.25) is 0 Å². The Bertz CT molecular complexity index is 483. The van der Waals surface area contributed by atoms with Crippen LogP contribution in [0.5, 0.6) is 5.75 Å². The van der Waals surface area contributed by atoms with Gasteiger partial charge in [-0.25, -0.2) is 4.79 Å². The molecule has 0 fully saturated rings. The number of ether oxygens (including phenoxy) is 1. The van der Waals surface area contributed by atoms with Gasteiger partial charge >= 0.3 is 5.82 Å². The van der Waals surface area contributed by atoms with Crippen LogP contribution in [-0.2, 0) is 6.61 Å². The molecule has 15 heavy (non-hydrogen) atoms. The highest BCUT2D eigenvalue weighted by Crippen LogP contribution is 2.16. The standard InChI is InChI=1S/C10H7ClO4/c11-7-1-3-8(4-2-7)13-5-9-6-14-10(12)15-9/h1-4,6H,5H2. The third-order valence-corrected chi connectivity index (χ3v) is 1.95. The van der Waals surface area contributed by atoms with Crippen LogP contribution >= 0.6 is 11.6 Å². The zero-order valence-electron chi connectivity index (χ0n) is 7.60. The van der Waals surface area contributed by atoms with E-state index >= 15 is 0 Å². The molecule has 0 unspecified atom stereocenters. The average Bonchev–Trinajstić information content (AvgIpc) is 2.64. The van der Waals surface area contributed by atoms with E-state index in [9.17, 15) is 4.79 Å². The molecule has 2 aromatic rings. The highest BCUT2D eigenvalue weighted by molar-refractivity contribution is 6.30. The van der Waals surface area contributed by atoms with Gasteiger partial charge in [0.25, 0.3) is 0 Å². The van der Waals surface area contributed by atoms with Crippen molar-refractivity contribution in [2.75, 3.05) is 0 Å². The highest BCUT2D eigenvalue weighted by atomic mass is 35.5. The highest BCUT2D eigenvalue weighted by Gasteiger charge is 2.01. The Morgan fingerprint density at radius 3 is 2.60 bits per heavy atom. The Balaban J connectivity index is 1.99. The number of benzene rings is 1. The van der Waals surface area contributed by atoms with E-state index in [0.29, 0.717) is 16.5 Å². The summed E-state index contributed by atoms with van der Waals surface area (Å²) in [7, 11) is 0. The van der Waals surface area contributed by atoms with E-state index in [1.165, 1.54) is 6.26 Å². The zero-order valence-corrected chi connectivity index (χ0v) is 8.36. The minimum Gasteiger partial charge on any atom is -0.486 e. The van der Waals surface area contributed by atoms with E-state index in [1.807, 2.05) is 0 Å². The van der Waals surface area contributed by atoms with Gasteiger partial charge in [0.1, 0.15) is 18.6 Å². The summed E-state index contributed by atoms with van der Waals surface area (Å²) in [6.45, 7) is 0.146. The van der Waals surface area contributed by atoms with Gasteiger partial charge in [0, 0.05) is 5.02 Å². The molecule has 5 heteroatoms. The number of halogens is 1. The minimum atomic E-state index is -0.732. The van der Waals surface area contributed by atoms with Crippen LogP contribution in [0.2, 0.25) is 5.02 Å². The quantitative estimate of drug-likeness (QED) is 0.807. The second-order valence-electron chi connectivity index (χ2n) is 2.80. The summed E-state index contributed by atoms with van der Waals surface area (Å²) < 4.78 is 14.4. The Hall–Kier alpha value is -1.68. The van der Waals surface area contributed by atoms with Crippen LogP contribution in [0.3, 0.4) is 0 Å². The van der Waals surface area contributed by atoms with Crippen LogP contribution < -0.4 is 10.6 Å². The molecule has 0 aliphatic rings. The van der Waals surface area contributed by atoms with Crippen molar-refractivity contribution in [1.29, 1.82) is 0 Å². The van der Waals surface area contributed by atoms with Gasteiger partial charge in [-0.05, 0) is 24.3 Å². The summed E-state index contributed by atoms with van der Waals surface area (Å²) >= 11 is 5.70. The van der Waals surface area contributed by atoms with Gasteiger partial charge in [0.15, 0.2) is 5.76 Å². The molecule has 1 heterocycles.